The molecule has 2 aliphatic rings. The van der Waals surface area contributed by atoms with E-state index < -0.39 is 0 Å². The molecule has 5 aromatic carbocycles. The van der Waals surface area contributed by atoms with Gasteiger partial charge < -0.3 is 9.47 Å². The molecule has 0 saturated carbocycles. The van der Waals surface area contributed by atoms with Crippen LogP contribution in [0.25, 0.3) is 78.7 Å². The first kappa shape index (κ1) is 33.1. The molecule has 7 nitrogen and oxygen atoms in total. The highest BCUT2D eigenvalue weighted by atomic mass is 16.6. The minimum Gasteiger partial charge on any atom is -0.478 e. The maximum atomic E-state index is 6.90. The maximum Gasteiger partial charge on any atom is 0.174 e. The van der Waals surface area contributed by atoms with E-state index >= 15 is 0 Å². The van der Waals surface area contributed by atoms with Gasteiger partial charge in [0.05, 0.1) is 5.56 Å². The normalized spacial score (nSPS) is 15.3. The zero-order valence-corrected chi connectivity index (χ0v) is 30.1. The number of rotatable bonds is 7. The summed E-state index contributed by atoms with van der Waals surface area (Å²) in [4.78, 5) is 24.0. The number of hydrogen-bond acceptors (Lipinski definition) is 7. The van der Waals surface area contributed by atoms with E-state index in [0.717, 1.165) is 55.6 Å². The van der Waals surface area contributed by atoms with E-state index in [-0.39, 0.29) is 12.2 Å². The standard InChI is InChI=1S/C49H33N5O2/c1-3-11-32(12-4-1)33-19-21-35(22-20-33)48-52-47(34-13-5-2-6-14-34)53-49(54-48)42-24-23-41(45-46(42)56-44-18-8-7-17-43(44)55-45)40-28-38(36-15-9-25-50-30-36)27-39(29-40)37-16-10-26-51-31-37/h1-31,43-44H. The van der Waals surface area contributed by atoms with E-state index in [0.29, 0.717) is 34.5 Å². The van der Waals surface area contributed by atoms with E-state index in [1.807, 2.05) is 103 Å². The average molecular weight is 724 g/mol. The Kier molecular flexibility index (Phi) is 8.50. The molecule has 0 amide bonds. The van der Waals surface area contributed by atoms with Gasteiger partial charge in [0.1, 0.15) is 0 Å². The van der Waals surface area contributed by atoms with E-state index in [1.54, 1.807) is 12.4 Å². The largest absolute Gasteiger partial charge is 0.478 e. The van der Waals surface area contributed by atoms with Crippen LogP contribution in [-0.2, 0) is 0 Å². The first-order valence-corrected chi connectivity index (χ1v) is 18.5. The molecule has 0 fully saturated rings. The summed E-state index contributed by atoms with van der Waals surface area (Å²) in [5, 5.41) is 0. The SMILES string of the molecule is C1=CC2Oc3c(-c4cc(-c5cccnc5)cc(-c5cccnc5)c4)ccc(-c4nc(-c5ccccc5)nc(-c5ccc(-c6ccccc6)cc5)n4)c3OC2C=C1. The fourth-order valence-electron chi connectivity index (χ4n) is 7.22. The van der Waals surface area contributed by atoms with Crippen LogP contribution in [0.5, 0.6) is 11.5 Å². The fourth-order valence-corrected chi connectivity index (χ4v) is 7.22. The van der Waals surface area contributed by atoms with Gasteiger partial charge in [-0.25, -0.2) is 15.0 Å². The molecule has 4 heterocycles. The monoisotopic (exact) mass is 723 g/mol. The molecule has 2 unspecified atom stereocenters. The van der Waals surface area contributed by atoms with Crippen LogP contribution in [0.3, 0.4) is 0 Å². The summed E-state index contributed by atoms with van der Waals surface area (Å²) >= 11 is 0. The molecule has 8 aromatic rings. The summed E-state index contributed by atoms with van der Waals surface area (Å²) in [5.41, 5.74) is 10.6. The highest BCUT2D eigenvalue weighted by molar-refractivity contribution is 5.87. The zero-order chi connectivity index (χ0) is 37.3. The van der Waals surface area contributed by atoms with E-state index in [1.165, 1.54) is 0 Å². The number of aromatic nitrogens is 5. The number of fused-ring (bicyclic) bond motifs is 2. The highest BCUT2D eigenvalue weighted by Gasteiger charge is 2.34. The van der Waals surface area contributed by atoms with Gasteiger partial charge in [0.15, 0.2) is 41.2 Å². The minimum atomic E-state index is -0.324. The van der Waals surface area contributed by atoms with Crippen molar-refractivity contribution in [1.29, 1.82) is 0 Å². The van der Waals surface area contributed by atoms with Crippen LogP contribution in [0.1, 0.15) is 0 Å². The molecule has 10 rings (SSSR count). The molecular weight excluding hydrogens is 691 g/mol. The molecular formula is C49H33N5O2. The predicted octanol–water partition coefficient (Wildman–Crippen LogP) is 11.0. The molecule has 266 valence electrons. The van der Waals surface area contributed by atoms with E-state index in [9.17, 15) is 0 Å². The third-order valence-corrected chi connectivity index (χ3v) is 10.0. The lowest BCUT2D eigenvalue weighted by Gasteiger charge is -2.34. The number of hydrogen-bond donors (Lipinski definition) is 0. The number of allylic oxidation sites excluding steroid dienone is 2. The van der Waals surface area contributed by atoms with Crippen molar-refractivity contribution in [3.8, 4) is 90.2 Å². The second-order valence-corrected chi connectivity index (χ2v) is 13.7. The van der Waals surface area contributed by atoms with Crippen LogP contribution >= 0.6 is 0 Å². The molecule has 0 spiro atoms. The van der Waals surface area contributed by atoms with Crippen molar-refractivity contribution >= 4 is 0 Å². The Balaban J connectivity index is 1.15. The van der Waals surface area contributed by atoms with Gasteiger partial charge in [0.25, 0.3) is 0 Å². The van der Waals surface area contributed by atoms with Crippen LogP contribution < -0.4 is 9.47 Å². The quantitative estimate of drug-likeness (QED) is 0.162. The topological polar surface area (TPSA) is 82.9 Å². The van der Waals surface area contributed by atoms with Crippen LogP contribution in [-0.4, -0.2) is 37.1 Å². The van der Waals surface area contributed by atoms with Crippen molar-refractivity contribution in [3.05, 3.63) is 189 Å². The van der Waals surface area contributed by atoms with Gasteiger partial charge in [0, 0.05) is 52.6 Å². The second kappa shape index (κ2) is 14.4. The first-order valence-electron chi connectivity index (χ1n) is 18.5. The second-order valence-electron chi connectivity index (χ2n) is 13.7. The predicted molar refractivity (Wildman–Crippen MR) is 221 cm³/mol. The van der Waals surface area contributed by atoms with Crippen LogP contribution in [0.15, 0.2) is 189 Å². The van der Waals surface area contributed by atoms with Gasteiger partial charge in [-0.15, -0.1) is 0 Å². The van der Waals surface area contributed by atoms with Crippen molar-refractivity contribution in [1.82, 2.24) is 24.9 Å². The van der Waals surface area contributed by atoms with Crippen molar-refractivity contribution in [2.75, 3.05) is 0 Å². The van der Waals surface area contributed by atoms with Gasteiger partial charge in [-0.05, 0) is 82.4 Å². The Morgan fingerprint density at radius 3 is 1.38 bits per heavy atom. The number of ether oxygens (including phenoxy) is 2. The van der Waals surface area contributed by atoms with Gasteiger partial charge >= 0.3 is 0 Å². The van der Waals surface area contributed by atoms with Crippen LogP contribution in [0.4, 0.5) is 0 Å². The molecule has 1 aliphatic carbocycles. The first-order chi connectivity index (χ1) is 27.7. The van der Waals surface area contributed by atoms with E-state index in [4.69, 9.17) is 24.4 Å². The van der Waals surface area contributed by atoms with Crippen molar-refractivity contribution < 1.29 is 9.47 Å². The minimum absolute atomic E-state index is 0.308. The van der Waals surface area contributed by atoms with Crippen LogP contribution in [0.2, 0.25) is 0 Å². The summed E-state index contributed by atoms with van der Waals surface area (Å²) in [6.07, 6.45) is 14.7. The number of nitrogens with zero attached hydrogens (tertiary/aromatic N) is 5. The number of benzene rings is 5. The Labute approximate surface area is 324 Å². The highest BCUT2D eigenvalue weighted by Crippen LogP contribution is 2.49. The van der Waals surface area contributed by atoms with Crippen LogP contribution in [0, 0.1) is 0 Å². The Bertz CT molecular complexity index is 2680. The molecule has 1 aliphatic heterocycles. The van der Waals surface area contributed by atoms with Gasteiger partial charge in [0.2, 0.25) is 0 Å². The molecule has 0 saturated heterocycles. The molecule has 0 radical (unpaired) electrons. The Morgan fingerprint density at radius 2 is 0.804 bits per heavy atom. The zero-order valence-electron chi connectivity index (χ0n) is 30.1. The summed E-state index contributed by atoms with van der Waals surface area (Å²) in [6.45, 7) is 0. The summed E-state index contributed by atoms with van der Waals surface area (Å²) in [6, 6.07) is 47.3. The average Bonchev–Trinajstić information content (AvgIpc) is 3.29. The Morgan fingerprint density at radius 1 is 0.357 bits per heavy atom. The lowest BCUT2D eigenvalue weighted by Crippen LogP contribution is -2.38. The molecule has 2 atom stereocenters. The lowest BCUT2D eigenvalue weighted by molar-refractivity contribution is 0.0769. The van der Waals surface area contributed by atoms with Crippen molar-refractivity contribution in [2.24, 2.45) is 0 Å². The number of pyridine rings is 2. The third kappa shape index (κ3) is 6.41. The molecule has 7 heteroatoms. The third-order valence-electron chi connectivity index (χ3n) is 10.0. The van der Waals surface area contributed by atoms with Gasteiger partial charge in [-0.2, -0.15) is 0 Å². The molecule has 0 N–H and O–H groups in total. The summed E-state index contributed by atoms with van der Waals surface area (Å²) in [7, 11) is 0. The van der Waals surface area contributed by atoms with Gasteiger partial charge in [-0.1, -0.05) is 109 Å². The summed E-state index contributed by atoms with van der Waals surface area (Å²) in [5.74, 6) is 2.82. The Hall–Kier alpha value is -7.51. The molecule has 0 bridgehead atoms. The summed E-state index contributed by atoms with van der Waals surface area (Å²) < 4.78 is 13.8. The molecule has 56 heavy (non-hydrogen) atoms. The molecule has 3 aromatic heterocycles. The van der Waals surface area contributed by atoms with Crippen molar-refractivity contribution in [2.45, 2.75) is 12.2 Å². The van der Waals surface area contributed by atoms with Crippen molar-refractivity contribution in [3.63, 3.8) is 0 Å². The van der Waals surface area contributed by atoms with Gasteiger partial charge in [-0.3, -0.25) is 9.97 Å². The smallest absolute Gasteiger partial charge is 0.174 e. The van der Waals surface area contributed by atoms with E-state index in [2.05, 4.69) is 82.8 Å². The lowest BCUT2D eigenvalue weighted by atomic mass is 9.92. The maximum absolute atomic E-state index is 6.90. The fraction of sp³-hybridized carbons (Fsp3) is 0.0408.